The Kier molecular flexibility index (Phi) is 3.45. The van der Waals surface area contributed by atoms with Crippen molar-refractivity contribution in [1.29, 1.82) is 0 Å². The Morgan fingerprint density at radius 3 is 2.91 bits per heavy atom. The van der Waals surface area contributed by atoms with Gasteiger partial charge in [-0.15, -0.1) is 10.2 Å². The first kappa shape index (κ1) is 14.4. The van der Waals surface area contributed by atoms with Crippen LogP contribution in [0.5, 0.6) is 0 Å². The molecule has 23 heavy (non-hydrogen) atoms. The summed E-state index contributed by atoms with van der Waals surface area (Å²) in [4.78, 5) is 14.8. The summed E-state index contributed by atoms with van der Waals surface area (Å²) in [6.45, 7) is 4.82. The van der Waals surface area contributed by atoms with Crippen LogP contribution >= 0.6 is 0 Å². The summed E-state index contributed by atoms with van der Waals surface area (Å²) in [5.41, 5.74) is 0.609. The van der Waals surface area contributed by atoms with Crippen LogP contribution in [0.2, 0.25) is 0 Å². The molecule has 7 nitrogen and oxygen atoms in total. The zero-order chi connectivity index (χ0) is 16.0. The number of carbonyl (C=O) groups excluding carboxylic acids is 1. The molecule has 122 valence electrons. The zero-order valence-corrected chi connectivity index (χ0v) is 13.2. The maximum atomic E-state index is 13.0. The van der Waals surface area contributed by atoms with E-state index in [4.69, 9.17) is 13.6 Å². The minimum absolute atomic E-state index is 0.00621. The Bertz CT molecular complexity index is 722. The van der Waals surface area contributed by atoms with Crippen LogP contribution in [0.15, 0.2) is 21.2 Å². The van der Waals surface area contributed by atoms with E-state index in [2.05, 4.69) is 10.2 Å². The SMILES string of the molecule is Cc1nnc([C@@H]2C[C@H]3OCC[C@H]3N(C(=O)c3ccoc3C)C2)o1. The highest BCUT2D eigenvalue weighted by atomic mass is 16.5. The van der Waals surface area contributed by atoms with E-state index in [1.165, 1.54) is 0 Å². The minimum atomic E-state index is -0.0160. The molecule has 4 heterocycles. The molecule has 7 heteroatoms. The maximum absolute atomic E-state index is 13.0. The van der Waals surface area contributed by atoms with Gasteiger partial charge in [-0.3, -0.25) is 4.79 Å². The molecule has 0 radical (unpaired) electrons. The molecule has 2 aliphatic heterocycles. The summed E-state index contributed by atoms with van der Waals surface area (Å²) in [7, 11) is 0. The average Bonchev–Trinajstić information content (AvgIpc) is 3.25. The number of piperidine rings is 1. The third-order valence-corrected chi connectivity index (χ3v) is 4.75. The van der Waals surface area contributed by atoms with Crippen LogP contribution in [-0.4, -0.2) is 46.3 Å². The topological polar surface area (TPSA) is 81.6 Å². The molecular weight excluding hydrogens is 298 g/mol. The highest BCUT2D eigenvalue weighted by molar-refractivity contribution is 5.95. The van der Waals surface area contributed by atoms with Gasteiger partial charge in [-0.05, 0) is 25.8 Å². The van der Waals surface area contributed by atoms with Gasteiger partial charge in [0.15, 0.2) is 0 Å². The van der Waals surface area contributed by atoms with Crippen LogP contribution < -0.4 is 0 Å². The van der Waals surface area contributed by atoms with Crippen molar-refractivity contribution in [2.45, 2.75) is 44.8 Å². The van der Waals surface area contributed by atoms with Crippen LogP contribution in [0, 0.1) is 13.8 Å². The summed E-state index contributed by atoms with van der Waals surface area (Å²) in [5.74, 6) is 1.75. The lowest BCUT2D eigenvalue weighted by Gasteiger charge is -2.39. The number of fused-ring (bicyclic) bond motifs is 1. The van der Waals surface area contributed by atoms with E-state index in [0.29, 0.717) is 36.3 Å². The number of aryl methyl sites for hydroxylation is 2. The number of aromatic nitrogens is 2. The Morgan fingerprint density at radius 2 is 2.22 bits per heavy atom. The molecule has 0 aliphatic carbocycles. The maximum Gasteiger partial charge on any atom is 0.257 e. The quantitative estimate of drug-likeness (QED) is 0.843. The second kappa shape index (κ2) is 5.49. The monoisotopic (exact) mass is 317 g/mol. The lowest BCUT2D eigenvalue weighted by Crippen LogP contribution is -2.51. The normalized spacial score (nSPS) is 27.2. The van der Waals surface area contributed by atoms with E-state index in [1.807, 2.05) is 4.90 Å². The number of carbonyl (C=O) groups is 1. The second-order valence-corrected chi connectivity index (χ2v) is 6.21. The first-order chi connectivity index (χ1) is 11.1. The van der Waals surface area contributed by atoms with Crippen LogP contribution in [0.3, 0.4) is 0 Å². The van der Waals surface area contributed by atoms with E-state index >= 15 is 0 Å². The smallest absolute Gasteiger partial charge is 0.257 e. The number of nitrogens with zero attached hydrogens (tertiary/aromatic N) is 3. The van der Waals surface area contributed by atoms with Gasteiger partial charge in [-0.2, -0.15) is 0 Å². The van der Waals surface area contributed by atoms with Crippen molar-refractivity contribution in [3.05, 3.63) is 35.4 Å². The number of hydrogen-bond acceptors (Lipinski definition) is 6. The zero-order valence-electron chi connectivity index (χ0n) is 13.2. The highest BCUT2D eigenvalue weighted by Gasteiger charge is 2.44. The summed E-state index contributed by atoms with van der Waals surface area (Å²) < 4.78 is 16.7. The average molecular weight is 317 g/mol. The van der Waals surface area contributed by atoms with Gasteiger partial charge in [-0.1, -0.05) is 0 Å². The van der Waals surface area contributed by atoms with Crippen LogP contribution in [0.1, 0.15) is 46.7 Å². The van der Waals surface area contributed by atoms with Gasteiger partial charge in [-0.25, -0.2) is 0 Å². The number of hydrogen-bond donors (Lipinski definition) is 0. The lowest BCUT2D eigenvalue weighted by molar-refractivity contribution is 0.0129. The fourth-order valence-corrected chi connectivity index (χ4v) is 3.60. The van der Waals surface area contributed by atoms with Gasteiger partial charge in [0.1, 0.15) is 5.76 Å². The van der Waals surface area contributed by atoms with Crippen molar-refractivity contribution < 1.29 is 18.4 Å². The summed E-state index contributed by atoms with van der Waals surface area (Å²) in [5, 5.41) is 8.03. The van der Waals surface area contributed by atoms with Gasteiger partial charge < -0.3 is 18.5 Å². The lowest BCUT2D eigenvalue weighted by atomic mass is 9.89. The molecule has 0 spiro atoms. The predicted molar refractivity (Wildman–Crippen MR) is 79.0 cm³/mol. The van der Waals surface area contributed by atoms with Crippen molar-refractivity contribution in [3.8, 4) is 0 Å². The van der Waals surface area contributed by atoms with Gasteiger partial charge in [0, 0.05) is 20.1 Å². The van der Waals surface area contributed by atoms with Crippen molar-refractivity contribution >= 4 is 5.91 Å². The third-order valence-electron chi connectivity index (χ3n) is 4.75. The van der Waals surface area contributed by atoms with Gasteiger partial charge in [0.25, 0.3) is 5.91 Å². The fraction of sp³-hybridized carbons (Fsp3) is 0.562. The molecule has 2 fully saturated rings. The Hall–Kier alpha value is -2.15. The molecule has 1 amide bonds. The highest BCUT2D eigenvalue weighted by Crippen LogP contribution is 2.36. The van der Waals surface area contributed by atoms with Gasteiger partial charge in [0.05, 0.1) is 29.9 Å². The fourth-order valence-electron chi connectivity index (χ4n) is 3.60. The van der Waals surface area contributed by atoms with Crippen LogP contribution in [0.4, 0.5) is 0 Å². The Labute approximate surface area is 133 Å². The summed E-state index contributed by atoms with van der Waals surface area (Å²) in [6.07, 6.45) is 3.24. The number of amides is 1. The van der Waals surface area contributed by atoms with Crippen molar-refractivity contribution in [2.75, 3.05) is 13.2 Å². The number of furan rings is 1. The predicted octanol–water partition coefficient (Wildman–Crippen LogP) is 2.07. The molecule has 3 atom stereocenters. The number of ether oxygens (including phenoxy) is 1. The molecule has 2 aromatic heterocycles. The van der Waals surface area contributed by atoms with E-state index in [-0.39, 0.29) is 24.0 Å². The summed E-state index contributed by atoms with van der Waals surface area (Å²) >= 11 is 0. The molecule has 2 saturated heterocycles. The molecule has 0 aromatic carbocycles. The molecule has 0 N–H and O–H groups in total. The van der Waals surface area contributed by atoms with Gasteiger partial charge in [0.2, 0.25) is 11.8 Å². The van der Waals surface area contributed by atoms with Crippen molar-refractivity contribution in [2.24, 2.45) is 0 Å². The van der Waals surface area contributed by atoms with E-state index in [9.17, 15) is 4.79 Å². The summed E-state index contributed by atoms with van der Waals surface area (Å²) in [6, 6.07) is 1.83. The first-order valence-electron chi connectivity index (χ1n) is 7.90. The Balaban J connectivity index is 1.63. The standard InChI is InChI=1S/C16H19N3O4/c1-9-12(3-5-21-9)16(20)19-8-11(15-18-17-10(2)23-15)7-14-13(19)4-6-22-14/h3,5,11,13-14H,4,6-8H2,1-2H3/t11-,13-,14-/m1/s1. The molecular formula is C16H19N3O4. The largest absolute Gasteiger partial charge is 0.469 e. The van der Waals surface area contributed by atoms with Gasteiger partial charge >= 0.3 is 0 Å². The molecule has 0 bridgehead atoms. The molecule has 4 rings (SSSR count). The number of rotatable bonds is 2. The van der Waals surface area contributed by atoms with Crippen LogP contribution in [-0.2, 0) is 4.74 Å². The van der Waals surface area contributed by atoms with Crippen LogP contribution in [0.25, 0.3) is 0 Å². The first-order valence-corrected chi connectivity index (χ1v) is 7.90. The van der Waals surface area contributed by atoms with E-state index in [1.54, 1.807) is 26.2 Å². The van der Waals surface area contributed by atoms with E-state index < -0.39 is 0 Å². The molecule has 2 aliphatic rings. The molecule has 2 aromatic rings. The molecule has 0 unspecified atom stereocenters. The minimum Gasteiger partial charge on any atom is -0.469 e. The van der Waals surface area contributed by atoms with Crippen molar-refractivity contribution in [1.82, 2.24) is 15.1 Å². The Morgan fingerprint density at radius 1 is 1.35 bits per heavy atom. The van der Waals surface area contributed by atoms with Crippen molar-refractivity contribution in [3.63, 3.8) is 0 Å². The van der Waals surface area contributed by atoms with E-state index in [0.717, 1.165) is 12.8 Å². The number of likely N-dealkylation sites (tertiary alicyclic amines) is 1. The second-order valence-electron chi connectivity index (χ2n) is 6.21. The molecule has 0 saturated carbocycles. The third kappa shape index (κ3) is 2.45.